The molecular weight excluding hydrogens is 300 g/mol. The van der Waals surface area contributed by atoms with Crippen LogP contribution in [-0.4, -0.2) is 32.4 Å². The average molecular weight is 318 g/mol. The molecule has 6 nitrogen and oxygen atoms in total. The minimum Gasteiger partial charge on any atom is -0.508 e. The zero-order chi connectivity index (χ0) is 17.4. The topological polar surface area (TPSA) is 115 Å². The first kappa shape index (κ1) is 18.0. The minimum atomic E-state index is -1.11. The lowest BCUT2D eigenvalue weighted by atomic mass is 10.0. The number of hydrogen-bond donors (Lipinski definition) is 4. The van der Waals surface area contributed by atoms with Crippen molar-refractivity contribution in [1.29, 1.82) is 0 Å². The van der Waals surface area contributed by atoms with Crippen LogP contribution in [-0.2, 0) is 6.42 Å². The van der Waals surface area contributed by atoms with E-state index in [-0.39, 0.29) is 22.6 Å². The number of aromatic carboxylic acids is 2. The second kappa shape index (κ2) is 8.43. The van der Waals surface area contributed by atoms with Crippen molar-refractivity contribution in [2.24, 2.45) is 0 Å². The van der Waals surface area contributed by atoms with Gasteiger partial charge in [-0.2, -0.15) is 0 Å². The lowest BCUT2D eigenvalue weighted by molar-refractivity contribution is 0.0683. The number of carbonyl (C=O) groups is 2. The molecule has 0 heterocycles. The van der Waals surface area contributed by atoms with E-state index in [0.29, 0.717) is 12.0 Å². The van der Waals surface area contributed by atoms with Crippen molar-refractivity contribution in [3.63, 3.8) is 0 Å². The summed E-state index contributed by atoms with van der Waals surface area (Å²) in [6, 6.07) is 10.1. The summed E-state index contributed by atoms with van der Waals surface area (Å²) in [7, 11) is 0. The molecule has 0 amide bonds. The number of phenols is 2. The van der Waals surface area contributed by atoms with Crippen molar-refractivity contribution in [3.8, 4) is 11.5 Å². The van der Waals surface area contributed by atoms with Crippen LogP contribution in [0.5, 0.6) is 11.5 Å². The molecule has 0 bridgehead atoms. The van der Waals surface area contributed by atoms with Crippen LogP contribution < -0.4 is 0 Å². The predicted octanol–water partition coefficient (Wildman–Crippen LogP) is 3.13. The van der Waals surface area contributed by atoms with Gasteiger partial charge in [-0.1, -0.05) is 25.5 Å². The number of carboxylic acids is 2. The van der Waals surface area contributed by atoms with Crippen molar-refractivity contribution in [3.05, 3.63) is 59.2 Å². The van der Waals surface area contributed by atoms with Gasteiger partial charge in [-0.15, -0.1) is 0 Å². The Labute approximate surface area is 133 Å². The molecule has 0 aromatic heterocycles. The maximum Gasteiger partial charge on any atom is 0.339 e. The van der Waals surface area contributed by atoms with Gasteiger partial charge < -0.3 is 20.4 Å². The van der Waals surface area contributed by atoms with Gasteiger partial charge in [0.05, 0.1) is 5.56 Å². The molecule has 0 aliphatic carbocycles. The summed E-state index contributed by atoms with van der Waals surface area (Å²) in [5.74, 6) is -2.13. The lowest BCUT2D eigenvalue weighted by Gasteiger charge is -2.04. The van der Waals surface area contributed by atoms with Gasteiger partial charge in [0.15, 0.2) is 0 Å². The van der Waals surface area contributed by atoms with E-state index in [1.165, 1.54) is 30.3 Å². The predicted molar refractivity (Wildman–Crippen MR) is 84.1 cm³/mol. The average Bonchev–Trinajstić information content (AvgIpc) is 2.48. The third-order valence-corrected chi connectivity index (χ3v) is 2.97. The van der Waals surface area contributed by atoms with Crippen LogP contribution in [0.3, 0.4) is 0 Å². The Morgan fingerprint density at radius 1 is 0.913 bits per heavy atom. The Balaban J connectivity index is 0.000000238. The maximum absolute atomic E-state index is 10.7. The summed E-state index contributed by atoms with van der Waals surface area (Å²) in [6.45, 7) is 1.97. The quantitative estimate of drug-likeness (QED) is 0.688. The van der Waals surface area contributed by atoms with E-state index < -0.39 is 11.9 Å². The second-order valence-corrected chi connectivity index (χ2v) is 4.72. The Kier molecular flexibility index (Phi) is 6.61. The number of carboxylic acid groups (broad SMARTS) is 2. The Bertz CT molecular complexity index is 693. The first-order chi connectivity index (χ1) is 10.9. The van der Waals surface area contributed by atoms with E-state index in [4.69, 9.17) is 20.4 Å². The fourth-order valence-electron chi connectivity index (χ4n) is 1.92. The van der Waals surface area contributed by atoms with E-state index in [1.807, 2.05) is 6.92 Å². The third kappa shape index (κ3) is 5.35. The van der Waals surface area contributed by atoms with Gasteiger partial charge in [-0.05, 0) is 42.3 Å². The summed E-state index contributed by atoms with van der Waals surface area (Å²) in [5.41, 5.74) is 0.900. The highest BCUT2D eigenvalue weighted by atomic mass is 16.4. The van der Waals surface area contributed by atoms with Gasteiger partial charge in [-0.3, -0.25) is 0 Å². The number of phenolic OH excluding ortho intramolecular Hbond substituents is 1. The number of aryl methyl sites for hydroxylation is 1. The molecule has 2 aromatic carbocycles. The van der Waals surface area contributed by atoms with E-state index in [0.717, 1.165) is 6.42 Å². The van der Waals surface area contributed by atoms with E-state index >= 15 is 0 Å². The normalized spacial score (nSPS) is 9.61. The standard InChI is InChI=1S/C10H12O3.C7H6O3/c1-2-3-7-6-8(11)4-5-9(7)10(12)13;8-6-4-2-1-3-5(6)7(9)10/h4-6,11H,2-3H2,1H3,(H,12,13);1-4,8H,(H,9,10). The van der Waals surface area contributed by atoms with Gasteiger partial charge in [0.2, 0.25) is 0 Å². The van der Waals surface area contributed by atoms with Crippen molar-refractivity contribution < 1.29 is 30.0 Å². The van der Waals surface area contributed by atoms with Crippen LogP contribution in [0.2, 0.25) is 0 Å². The molecule has 23 heavy (non-hydrogen) atoms. The number of hydrogen-bond acceptors (Lipinski definition) is 4. The smallest absolute Gasteiger partial charge is 0.339 e. The van der Waals surface area contributed by atoms with Gasteiger partial charge >= 0.3 is 11.9 Å². The maximum atomic E-state index is 10.7. The number of para-hydroxylation sites is 1. The van der Waals surface area contributed by atoms with Crippen LogP contribution in [0.1, 0.15) is 39.6 Å². The fraction of sp³-hybridized carbons (Fsp3) is 0.176. The minimum absolute atomic E-state index is 0.0671. The molecule has 0 aliphatic rings. The SMILES string of the molecule is CCCc1cc(O)ccc1C(=O)O.O=C(O)c1ccccc1O. The van der Waals surface area contributed by atoms with Gasteiger partial charge in [-0.25, -0.2) is 9.59 Å². The van der Waals surface area contributed by atoms with Crippen LogP contribution in [0.4, 0.5) is 0 Å². The first-order valence-corrected chi connectivity index (χ1v) is 6.93. The molecule has 0 atom stereocenters. The molecule has 0 unspecified atom stereocenters. The number of rotatable bonds is 4. The van der Waals surface area contributed by atoms with Gasteiger partial charge in [0.1, 0.15) is 17.1 Å². The molecule has 0 saturated heterocycles. The van der Waals surface area contributed by atoms with Crippen LogP contribution in [0, 0.1) is 0 Å². The molecule has 6 heteroatoms. The third-order valence-electron chi connectivity index (χ3n) is 2.97. The highest BCUT2D eigenvalue weighted by Gasteiger charge is 2.09. The van der Waals surface area contributed by atoms with Crippen molar-refractivity contribution in [1.82, 2.24) is 0 Å². The monoisotopic (exact) mass is 318 g/mol. The molecule has 122 valence electrons. The van der Waals surface area contributed by atoms with E-state index in [1.54, 1.807) is 12.1 Å². The van der Waals surface area contributed by atoms with Crippen molar-refractivity contribution in [2.45, 2.75) is 19.8 Å². The highest BCUT2D eigenvalue weighted by molar-refractivity contribution is 5.90. The summed E-state index contributed by atoms with van der Waals surface area (Å²) < 4.78 is 0. The molecule has 0 aliphatic heterocycles. The summed E-state index contributed by atoms with van der Waals surface area (Å²) in [5, 5.41) is 35.3. The van der Waals surface area contributed by atoms with Crippen LogP contribution in [0.15, 0.2) is 42.5 Å². The molecule has 0 saturated carbocycles. The number of benzene rings is 2. The van der Waals surface area contributed by atoms with E-state index in [2.05, 4.69) is 0 Å². The first-order valence-electron chi connectivity index (χ1n) is 6.93. The molecule has 0 fully saturated rings. The highest BCUT2D eigenvalue weighted by Crippen LogP contribution is 2.18. The summed E-state index contributed by atoms with van der Waals surface area (Å²) in [4.78, 5) is 21.0. The summed E-state index contributed by atoms with van der Waals surface area (Å²) >= 11 is 0. The largest absolute Gasteiger partial charge is 0.508 e. The Hall–Kier alpha value is -3.02. The van der Waals surface area contributed by atoms with Crippen molar-refractivity contribution >= 4 is 11.9 Å². The van der Waals surface area contributed by atoms with Crippen molar-refractivity contribution in [2.75, 3.05) is 0 Å². The van der Waals surface area contributed by atoms with E-state index in [9.17, 15) is 9.59 Å². The van der Waals surface area contributed by atoms with Gasteiger partial charge in [0, 0.05) is 0 Å². The Morgan fingerprint density at radius 3 is 2.00 bits per heavy atom. The second-order valence-electron chi connectivity index (χ2n) is 4.72. The Morgan fingerprint density at radius 2 is 1.52 bits per heavy atom. The summed E-state index contributed by atoms with van der Waals surface area (Å²) in [6.07, 6.45) is 1.54. The molecule has 4 N–H and O–H groups in total. The molecular formula is C17H18O6. The number of aromatic hydroxyl groups is 2. The zero-order valence-corrected chi connectivity index (χ0v) is 12.6. The lowest BCUT2D eigenvalue weighted by Crippen LogP contribution is -2.01. The zero-order valence-electron chi connectivity index (χ0n) is 12.6. The van der Waals surface area contributed by atoms with Crippen LogP contribution >= 0.6 is 0 Å². The van der Waals surface area contributed by atoms with Crippen LogP contribution in [0.25, 0.3) is 0 Å². The molecule has 2 rings (SSSR count). The molecule has 0 radical (unpaired) electrons. The molecule has 0 spiro atoms. The molecule has 2 aromatic rings. The fourth-order valence-corrected chi connectivity index (χ4v) is 1.92. The van der Waals surface area contributed by atoms with Gasteiger partial charge in [0.25, 0.3) is 0 Å².